The van der Waals surface area contributed by atoms with Gasteiger partial charge in [0.1, 0.15) is 0 Å². The number of nitrogens with two attached hydrogens (primary N) is 1. The van der Waals surface area contributed by atoms with Crippen LogP contribution in [0.4, 0.5) is 0 Å². The van der Waals surface area contributed by atoms with Crippen LogP contribution in [-0.2, 0) is 8.85 Å². The summed E-state index contributed by atoms with van der Waals surface area (Å²) >= 11 is 0. The van der Waals surface area contributed by atoms with E-state index in [1.54, 1.807) is 0 Å². The van der Waals surface area contributed by atoms with Crippen LogP contribution in [0, 0.1) is 5.92 Å². The van der Waals surface area contributed by atoms with Gasteiger partial charge in [-0.2, -0.15) is 0 Å². The third kappa shape index (κ3) is 6.54. The second-order valence-corrected chi connectivity index (χ2v) is 7.61. The first-order valence-corrected chi connectivity index (χ1v) is 7.99. The molecule has 0 aromatic rings. The van der Waals surface area contributed by atoms with Crippen molar-refractivity contribution in [2.24, 2.45) is 11.7 Å². The molecule has 0 saturated carbocycles. The lowest BCUT2D eigenvalue weighted by atomic mass is 10.2. The average molecular weight is 219 g/mol. The minimum Gasteiger partial charge on any atom is -0.395 e. The van der Waals surface area contributed by atoms with E-state index in [1.165, 1.54) is 0 Å². The lowest BCUT2D eigenvalue weighted by Gasteiger charge is -2.29. The molecule has 2 unspecified atom stereocenters. The molecule has 2 atom stereocenters. The molecule has 0 radical (unpaired) electrons. The first-order valence-electron chi connectivity index (χ1n) is 5.47. The van der Waals surface area contributed by atoms with Gasteiger partial charge < -0.3 is 14.6 Å². The Morgan fingerprint density at radius 2 is 1.86 bits per heavy atom. The van der Waals surface area contributed by atoms with E-state index in [0.29, 0.717) is 12.5 Å². The maximum atomic E-state index is 5.73. The second-order valence-electron chi connectivity index (χ2n) is 4.32. The van der Waals surface area contributed by atoms with E-state index in [-0.39, 0.29) is 6.23 Å². The lowest BCUT2D eigenvalue weighted by molar-refractivity contribution is 0.133. The van der Waals surface area contributed by atoms with Crippen molar-refractivity contribution >= 4 is 8.56 Å². The van der Waals surface area contributed by atoms with Crippen molar-refractivity contribution in [3.05, 3.63) is 0 Å². The Labute approximate surface area is 89.2 Å². The van der Waals surface area contributed by atoms with Crippen molar-refractivity contribution in [1.82, 2.24) is 0 Å². The largest absolute Gasteiger partial charge is 0.395 e. The summed E-state index contributed by atoms with van der Waals surface area (Å²) in [6.45, 7) is 11.1. The normalized spacial score (nSPS) is 18.2. The Balaban J connectivity index is 4.08. The van der Waals surface area contributed by atoms with Crippen LogP contribution < -0.4 is 5.73 Å². The Bertz CT molecular complexity index is 153. The maximum absolute atomic E-state index is 5.73. The quantitative estimate of drug-likeness (QED) is 0.528. The summed E-state index contributed by atoms with van der Waals surface area (Å²) in [5.74, 6) is 0.693. The zero-order chi connectivity index (χ0) is 11.2. The topological polar surface area (TPSA) is 44.5 Å². The molecule has 0 aliphatic carbocycles. The molecule has 0 heterocycles. The van der Waals surface area contributed by atoms with Crippen LogP contribution in [0.3, 0.4) is 0 Å². The van der Waals surface area contributed by atoms with Gasteiger partial charge in [0, 0.05) is 6.61 Å². The SMILES string of the molecule is CCO[Si](C)(CCC(C)C)OC(C)N. The number of rotatable bonds is 7. The summed E-state index contributed by atoms with van der Waals surface area (Å²) in [4.78, 5) is 0. The molecule has 0 aromatic heterocycles. The van der Waals surface area contributed by atoms with E-state index in [4.69, 9.17) is 14.6 Å². The molecule has 0 spiro atoms. The van der Waals surface area contributed by atoms with E-state index >= 15 is 0 Å². The summed E-state index contributed by atoms with van der Waals surface area (Å²) in [6, 6.07) is 1.03. The lowest BCUT2D eigenvalue weighted by Crippen LogP contribution is -2.44. The molecule has 0 aliphatic heterocycles. The van der Waals surface area contributed by atoms with E-state index in [2.05, 4.69) is 20.4 Å². The highest BCUT2D eigenvalue weighted by Crippen LogP contribution is 2.20. The predicted molar refractivity (Wildman–Crippen MR) is 62.2 cm³/mol. The van der Waals surface area contributed by atoms with Crippen LogP contribution in [0.2, 0.25) is 12.6 Å². The van der Waals surface area contributed by atoms with Crippen molar-refractivity contribution in [2.75, 3.05) is 6.61 Å². The van der Waals surface area contributed by atoms with E-state index < -0.39 is 8.56 Å². The smallest absolute Gasteiger partial charge is 0.336 e. The van der Waals surface area contributed by atoms with Crippen LogP contribution in [0.15, 0.2) is 0 Å². The molecule has 0 rings (SSSR count). The third-order valence-corrected chi connectivity index (χ3v) is 5.03. The average Bonchev–Trinajstić information content (AvgIpc) is 2.00. The molecule has 0 saturated heterocycles. The van der Waals surface area contributed by atoms with Crippen molar-refractivity contribution in [1.29, 1.82) is 0 Å². The fourth-order valence-corrected chi connectivity index (χ4v) is 4.24. The first kappa shape index (κ1) is 14.1. The van der Waals surface area contributed by atoms with E-state index in [1.807, 2.05) is 13.8 Å². The van der Waals surface area contributed by atoms with Gasteiger partial charge in [0.2, 0.25) is 0 Å². The zero-order valence-electron chi connectivity index (χ0n) is 10.2. The molecule has 0 bridgehead atoms. The van der Waals surface area contributed by atoms with Crippen molar-refractivity contribution in [3.8, 4) is 0 Å². The van der Waals surface area contributed by atoms with E-state index in [9.17, 15) is 0 Å². The van der Waals surface area contributed by atoms with Gasteiger partial charge in [0.25, 0.3) is 0 Å². The minimum absolute atomic E-state index is 0.217. The van der Waals surface area contributed by atoms with Crippen molar-refractivity contribution < 1.29 is 8.85 Å². The van der Waals surface area contributed by atoms with Gasteiger partial charge in [-0.25, -0.2) is 0 Å². The van der Waals surface area contributed by atoms with Crippen molar-refractivity contribution in [3.63, 3.8) is 0 Å². The summed E-state index contributed by atoms with van der Waals surface area (Å²) in [5.41, 5.74) is 5.65. The Hall–Kier alpha value is 0.0969. The molecule has 2 N–H and O–H groups in total. The van der Waals surface area contributed by atoms with Gasteiger partial charge in [-0.05, 0) is 38.8 Å². The summed E-state index contributed by atoms with van der Waals surface area (Å²) in [5, 5.41) is 0. The molecule has 86 valence electrons. The summed E-state index contributed by atoms with van der Waals surface area (Å²) in [6.07, 6.45) is 0.931. The third-order valence-electron chi connectivity index (χ3n) is 2.06. The van der Waals surface area contributed by atoms with Crippen molar-refractivity contribution in [2.45, 2.75) is 52.9 Å². The van der Waals surface area contributed by atoms with Crippen LogP contribution in [0.1, 0.15) is 34.1 Å². The van der Waals surface area contributed by atoms with Crippen LogP contribution >= 0.6 is 0 Å². The van der Waals surface area contributed by atoms with Crippen LogP contribution in [0.25, 0.3) is 0 Å². The number of hydrogen-bond acceptors (Lipinski definition) is 3. The maximum Gasteiger partial charge on any atom is 0.336 e. The Morgan fingerprint density at radius 3 is 2.21 bits per heavy atom. The monoisotopic (exact) mass is 219 g/mol. The molecule has 14 heavy (non-hydrogen) atoms. The standard InChI is InChI=1S/C10H25NO2Si/c1-6-12-14(5,13-10(4)11)8-7-9(2)3/h9-10H,6-8,11H2,1-5H3. The van der Waals surface area contributed by atoms with Crippen LogP contribution in [0.5, 0.6) is 0 Å². The molecule has 3 nitrogen and oxygen atoms in total. The van der Waals surface area contributed by atoms with Gasteiger partial charge in [-0.3, -0.25) is 0 Å². The van der Waals surface area contributed by atoms with E-state index in [0.717, 1.165) is 12.5 Å². The highest BCUT2D eigenvalue weighted by Gasteiger charge is 2.32. The molecule has 0 aromatic carbocycles. The van der Waals surface area contributed by atoms with Gasteiger partial charge in [0.15, 0.2) is 0 Å². The second kappa shape index (κ2) is 6.56. The van der Waals surface area contributed by atoms with Crippen LogP contribution in [-0.4, -0.2) is 21.4 Å². The highest BCUT2D eigenvalue weighted by molar-refractivity contribution is 6.66. The van der Waals surface area contributed by atoms with Gasteiger partial charge in [0.05, 0.1) is 6.23 Å². The fraction of sp³-hybridized carbons (Fsp3) is 1.00. The van der Waals surface area contributed by atoms with Gasteiger partial charge >= 0.3 is 8.56 Å². The zero-order valence-corrected chi connectivity index (χ0v) is 11.2. The number of hydrogen-bond donors (Lipinski definition) is 1. The molecular formula is C10H25NO2Si. The Kier molecular flexibility index (Phi) is 6.60. The highest BCUT2D eigenvalue weighted by atomic mass is 28.4. The Morgan fingerprint density at radius 1 is 1.29 bits per heavy atom. The summed E-state index contributed by atoms with van der Waals surface area (Å²) in [7, 11) is -2.00. The fourth-order valence-electron chi connectivity index (χ4n) is 1.41. The molecule has 0 amide bonds. The predicted octanol–water partition coefficient (Wildman–Crippen LogP) is 2.46. The van der Waals surface area contributed by atoms with Gasteiger partial charge in [-0.15, -0.1) is 0 Å². The van der Waals surface area contributed by atoms with Gasteiger partial charge in [-0.1, -0.05) is 13.8 Å². The summed E-state index contributed by atoms with van der Waals surface area (Å²) < 4.78 is 11.5. The molecule has 0 fully saturated rings. The minimum atomic E-state index is -2.00. The first-order chi connectivity index (χ1) is 6.39. The molecule has 4 heteroatoms. The molecular weight excluding hydrogens is 194 g/mol. The molecule has 0 aliphatic rings.